The van der Waals surface area contributed by atoms with Crippen LogP contribution in [-0.2, 0) is 28.6 Å². The summed E-state index contributed by atoms with van der Waals surface area (Å²) in [6.07, 6.45) is -2.97. The first-order valence-electron chi connectivity index (χ1n) is 5.36. The van der Waals surface area contributed by atoms with Gasteiger partial charge in [0.15, 0.2) is 5.25 Å². The van der Waals surface area contributed by atoms with Gasteiger partial charge >= 0.3 is 11.9 Å². The number of carbonyl (C=O) groups is 1. The number of carbonyl (C=O) groups excluding carboxylic acids is 1. The van der Waals surface area contributed by atoms with Gasteiger partial charge in [0.05, 0.1) is 6.10 Å². The van der Waals surface area contributed by atoms with Crippen molar-refractivity contribution < 1.29 is 35.6 Å². The fraction of sp³-hybridized carbons (Fsp3) is 0.889. The minimum absolute atomic E-state index is 0.230. The van der Waals surface area contributed by atoms with Crippen LogP contribution in [0.1, 0.15) is 13.3 Å². The predicted molar refractivity (Wildman–Crippen MR) is 51.4 cm³/mol. The summed E-state index contributed by atoms with van der Waals surface area (Å²) >= 11 is 0. The first-order chi connectivity index (χ1) is 8.20. The molecule has 0 aliphatic carbocycles. The monoisotopic (exact) mass is 284 g/mol. The maximum atomic E-state index is 12.7. The van der Waals surface area contributed by atoms with Crippen LogP contribution in [0.5, 0.6) is 0 Å². The number of fused-ring (bicyclic) bond motifs is 1. The topological polar surface area (TPSA) is 78.9 Å². The Labute approximate surface area is 101 Å². The molecular formula is C9H10F2O6S. The molecule has 9 heteroatoms. The molecule has 0 aromatic heterocycles. The van der Waals surface area contributed by atoms with Crippen LogP contribution in [0, 0.1) is 0 Å². The average Bonchev–Trinajstić information content (AvgIpc) is 2.75. The molecule has 3 heterocycles. The molecule has 0 N–H and O–H groups in total. The third kappa shape index (κ3) is 1.57. The highest BCUT2D eigenvalue weighted by Gasteiger charge is 2.68. The summed E-state index contributed by atoms with van der Waals surface area (Å²) in [7, 11) is -3.92. The molecule has 102 valence electrons. The van der Waals surface area contributed by atoms with Crippen molar-refractivity contribution in [2.75, 3.05) is 0 Å². The van der Waals surface area contributed by atoms with Gasteiger partial charge in [-0.3, -0.25) is 4.18 Å². The van der Waals surface area contributed by atoms with Crippen molar-refractivity contribution in [3.8, 4) is 0 Å². The maximum Gasteiger partial charge on any atom is 0.377 e. The van der Waals surface area contributed by atoms with E-state index in [9.17, 15) is 22.0 Å². The molecule has 0 radical (unpaired) electrons. The molecule has 0 saturated carbocycles. The summed E-state index contributed by atoms with van der Waals surface area (Å²) < 4.78 is 63.5. The van der Waals surface area contributed by atoms with E-state index in [1.165, 1.54) is 0 Å². The first-order valence-corrected chi connectivity index (χ1v) is 6.84. The van der Waals surface area contributed by atoms with Gasteiger partial charge in [-0.25, -0.2) is 4.79 Å². The van der Waals surface area contributed by atoms with Crippen LogP contribution < -0.4 is 0 Å². The molecule has 2 bridgehead atoms. The summed E-state index contributed by atoms with van der Waals surface area (Å²) in [6.45, 7) is 0.395. The van der Waals surface area contributed by atoms with E-state index in [0.29, 0.717) is 6.92 Å². The number of hydrogen-bond donors (Lipinski definition) is 0. The molecule has 3 aliphatic heterocycles. The van der Waals surface area contributed by atoms with Gasteiger partial charge in [-0.2, -0.15) is 17.2 Å². The van der Waals surface area contributed by atoms with Crippen LogP contribution in [0.15, 0.2) is 0 Å². The van der Waals surface area contributed by atoms with Gasteiger partial charge in [-0.05, 0) is 0 Å². The maximum absolute atomic E-state index is 12.7. The molecule has 0 amide bonds. The lowest BCUT2D eigenvalue weighted by Gasteiger charge is -2.23. The lowest BCUT2D eigenvalue weighted by molar-refractivity contribution is -0.177. The minimum atomic E-state index is -3.92. The second-order valence-electron chi connectivity index (χ2n) is 4.73. The summed E-state index contributed by atoms with van der Waals surface area (Å²) in [5, 5.41) is -1.19. The van der Waals surface area contributed by atoms with Gasteiger partial charge in [-0.15, -0.1) is 0 Å². The van der Waals surface area contributed by atoms with E-state index in [1.807, 2.05) is 0 Å². The lowest BCUT2D eigenvalue weighted by Crippen LogP contribution is -2.45. The standard InChI is InChI=1S/C9H10F2O6S/c1-9(10,11)8(12)16-5-3-2-4-6(15-3)7(5)18(13,14)17-4/h3-7H,2H2,1H3. The smallest absolute Gasteiger partial charge is 0.377 e. The van der Waals surface area contributed by atoms with Gasteiger partial charge < -0.3 is 9.47 Å². The molecule has 6 nitrogen and oxygen atoms in total. The second kappa shape index (κ2) is 3.40. The number of esters is 1. The molecule has 0 aromatic carbocycles. The average molecular weight is 284 g/mol. The van der Waals surface area contributed by atoms with Crippen LogP contribution >= 0.6 is 0 Å². The largest absolute Gasteiger partial charge is 0.454 e. The van der Waals surface area contributed by atoms with Gasteiger partial charge in [0, 0.05) is 13.3 Å². The Morgan fingerprint density at radius 2 is 2.06 bits per heavy atom. The fourth-order valence-electron chi connectivity index (χ4n) is 2.64. The fourth-order valence-corrected chi connectivity index (χ4v) is 4.42. The third-order valence-corrected chi connectivity index (χ3v) is 5.09. The third-order valence-electron chi connectivity index (χ3n) is 3.37. The second-order valence-corrected chi connectivity index (χ2v) is 6.45. The highest BCUT2D eigenvalue weighted by molar-refractivity contribution is 7.87. The Hall–Kier alpha value is -0.800. The van der Waals surface area contributed by atoms with Crippen LogP contribution in [0.4, 0.5) is 8.78 Å². The number of hydrogen-bond acceptors (Lipinski definition) is 6. The Morgan fingerprint density at radius 3 is 2.67 bits per heavy atom. The van der Waals surface area contributed by atoms with Crippen LogP contribution in [0.3, 0.4) is 0 Å². The predicted octanol–water partition coefficient (Wildman–Crippen LogP) is -0.178. The Morgan fingerprint density at radius 1 is 1.39 bits per heavy atom. The van der Waals surface area contributed by atoms with Crippen molar-refractivity contribution in [2.24, 2.45) is 0 Å². The zero-order valence-electron chi connectivity index (χ0n) is 9.21. The molecule has 3 fully saturated rings. The van der Waals surface area contributed by atoms with Gasteiger partial charge in [0.2, 0.25) is 0 Å². The highest BCUT2D eigenvalue weighted by Crippen LogP contribution is 2.48. The number of ether oxygens (including phenoxy) is 2. The zero-order chi connectivity index (χ0) is 13.3. The van der Waals surface area contributed by atoms with E-state index in [2.05, 4.69) is 4.74 Å². The normalized spacial score (nSPS) is 44.3. The van der Waals surface area contributed by atoms with E-state index >= 15 is 0 Å². The molecule has 0 aromatic rings. The first kappa shape index (κ1) is 12.2. The Bertz CT molecular complexity index is 496. The molecule has 3 aliphatic rings. The Balaban J connectivity index is 1.85. The van der Waals surface area contributed by atoms with Crippen molar-refractivity contribution in [2.45, 2.75) is 48.9 Å². The number of alkyl halides is 2. The quantitative estimate of drug-likeness (QED) is 0.517. The van der Waals surface area contributed by atoms with Gasteiger partial charge in [0.1, 0.15) is 18.3 Å². The van der Waals surface area contributed by atoms with E-state index in [4.69, 9.17) is 8.92 Å². The zero-order valence-corrected chi connectivity index (χ0v) is 10.0. The van der Waals surface area contributed by atoms with Gasteiger partial charge in [-0.1, -0.05) is 0 Å². The Kier molecular flexibility index (Phi) is 2.31. The molecule has 3 rings (SSSR count). The van der Waals surface area contributed by atoms with E-state index in [1.54, 1.807) is 0 Å². The van der Waals surface area contributed by atoms with Crippen molar-refractivity contribution >= 4 is 16.1 Å². The molecular weight excluding hydrogens is 274 g/mol. The minimum Gasteiger partial charge on any atom is -0.454 e. The SMILES string of the molecule is CC(F)(F)C(=O)OC1C2CC3OS(=O)(=O)C1C3O2. The van der Waals surface area contributed by atoms with Crippen molar-refractivity contribution in [3.63, 3.8) is 0 Å². The number of rotatable bonds is 2. The van der Waals surface area contributed by atoms with Gasteiger partial charge in [0.25, 0.3) is 10.1 Å². The van der Waals surface area contributed by atoms with Crippen molar-refractivity contribution in [3.05, 3.63) is 0 Å². The molecule has 3 saturated heterocycles. The van der Waals surface area contributed by atoms with Crippen molar-refractivity contribution in [1.82, 2.24) is 0 Å². The van der Waals surface area contributed by atoms with Crippen LogP contribution in [0.2, 0.25) is 0 Å². The molecule has 0 spiro atoms. The number of halogens is 2. The molecule has 5 unspecified atom stereocenters. The van der Waals surface area contributed by atoms with E-state index < -0.39 is 51.7 Å². The summed E-state index contributed by atoms with van der Waals surface area (Å²) in [6, 6.07) is 0. The summed E-state index contributed by atoms with van der Waals surface area (Å²) in [5.41, 5.74) is 0. The summed E-state index contributed by atoms with van der Waals surface area (Å²) in [5.74, 6) is -5.41. The van der Waals surface area contributed by atoms with Crippen LogP contribution in [0.25, 0.3) is 0 Å². The van der Waals surface area contributed by atoms with E-state index in [0.717, 1.165) is 0 Å². The summed E-state index contributed by atoms with van der Waals surface area (Å²) in [4.78, 5) is 11.1. The lowest BCUT2D eigenvalue weighted by atomic mass is 9.95. The van der Waals surface area contributed by atoms with Crippen LogP contribution in [-0.4, -0.2) is 50.0 Å². The highest BCUT2D eigenvalue weighted by atomic mass is 32.2. The van der Waals surface area contributed by atoms with Crippen molar-refractivity contribution in [1.29, 1.82) is 0 Å². The molecule has 5 atom stereocenters. The molecule has 18 heavy (non-hydrogen) atoms. The van der Waals surface area contributed by atoms with E-state index in [-0.39, 0.29) is 6.42 Å².